The van der Waals surface area contributed by atoms with Crippen LogP contribution in [-0.2, 0) is 11.3 Å². The number of fused-ring (bicyclic) bond motifs is 1. The molecule has 1 aromatic carbocycles. The molecule has 88 valence electrons. The monoisotopic (exact) mass is 224 g/mol. The molecule has 2 aromatic rings. The lowest BCUT2D eigenvalue weighted by molar-refractivity contribution is 0.185. The van der Waals surface area contributed by atoms with E-state index in [0.717, 1.165) is 10.9 Å². The van der Waals surface area contributed by atoms with Crippen LogP contribution in [0.5, 0.6) is 0 Å². The van der Waals surface area contributed by atoms with E-state index in [9.17, 15) is 4.39 Å². The van der Waals surface area contributed by atoms with Crippen LogP contribution in [0.3, 0.4) is 0 Å². The zero-order chi connectivity index (χ0) is 12.0. The Morgan fingerprint density at radius 3 is 2.81 bits per heavy atom. The lowest BCUT2D eigenvalue weighted by Gasteiger charge is -2.01. The van der Waals surface area contributed by atoms with E-state index in [-0.39, 0.29) is 5.82 Å². The van der Waals surface area contributed by atoms with Crippen molar-refractivity contribution in [3.8, 4) is 0 Å². The number of ether oxygens (including phenoxy) is 1. The molecule has 2 rings (SSSR count). The van der Waals surface area contributed by atoms with Crippen LogP contribution in [0.2, 0.25) is 0 Å². The van der Waals surface area contributed by atoms with E-state index in [4.69, 9.17) is 4.74 Å². The second kappa shape index (κ2) is 6.23. The van der Waals surface area contributed by atoms with Crippen LogP contribution in [0.4, 0.5) is 4.39 Å². The fourth-order valence-electron chi connectivity index (χ4n) is 1.41. The van der Waals surface area contributed by atoms with E-state index in [1.54, 1.807) is 24.1 Å². The maximum absolute atomic E-state index is 12.8. The Labute approximate surface area is 94.8 Å². The van der Waals surface area contributed by atoms with Crippen LogP contribution < -0.4 is 0 Å². The fourth-order valence-corrected chi connectivity index (χ4v) is 1.41. The number of nitrogens with zero attached hydrogens (tertiary/aromatic N) is 2. The first-order valence-electron chi connectivity index (χ1n) is 5.41. The van der Waals surface area contributed by atoms with Gasteiger partial charge in [-0.25, -0.2) is 4.39 Å². The molecule has 0 aliphatic heterocycles. The molecule has 0 aliphatic rings. The summed E-state index contributed by atoms with van der Waals surface area (Å²) >= 11 is 0. The summed E-state index contributed by atoms with van der Waals surface area (Å²) in [7, 11) is 1.64. The second-order valence-electron chi connectivity index (χ2n) is 3.06. The molecule has 0 aliphatic carbocycles. The summed E-state index contributed by atoms with van der Waals surface area (Å²) in [6, 6.07) is 4.65. The Hall–Kier alpha value is -1.42. The van der Waals surface area contributed by atoms with Crippen molar-refractivity contribution in [2.75, 3.05) is 13.7 Å². The van der Waals surface area contributed by atoms with E-state index in [1.807, 2.05) is 13.8 Å². The van der Waals surface area contributed by atoms with Gasteiger partial charge in [0.15, 0.2) is 0 Å². The van der Waals surface area contributed by atoms with Gasteiger partial charge in [0.1, 0.15) is 5.82 Å². The third-order valence-electron chi connectivity index (χ3n) is 2.11. The molecule has 0 fully saturated rings. The van der Waals surface area contributed by atoms with Crippen molar-refractivity contribution in [1.82, 2.24) is 9.78 Å². The molecule has 0 saturated carbocycles. The molecule has 4 heteroatoms. The first-order chi connectivity index (χ1) is 7.81. The van der Waals surface area contributed by atoms with E-state index >= 15 is 0 Å². The van der Waals surface area contributed by atoms with Gasteiger partial charge in [0.2, 0.25) is 0 Å². The Morgan fingerprint density at radius 1 is 1.38 bits per heavy atom. The molecule has 0 spiro atoms. The molecule has 3 nitrogen and oxygen atoms in total. The minimum atomic E-state index is -0.233. The van der Waals surface area contributed by atoms with Crippen LogP contribution >= 0.6 is 0 Å². The highest BCUT2D eigenvalue weighted by Crippen LogP contribution is 2.14. The summed E-state index contributed by atoms with van der Waals surface area (Å²) < 4.78 is 19.6. The SMILES string of the molecule is CC.COCCn1ncc2cc(F)ccc21. The van der Waals surface area contributed by atoms with Crippen molar-refractivity contribution in [2.45, 2.75) is 20.4 Å². The predicted octanol–water partition coefficient (Wildman–Crippen LogP) is 2.85. The lowest BCUT2D eigenvalue weighted by atomic mass is 10.2. The number of hydrogen-bond donors (Lipinski definition) is 0. The van der Waals surface area contributed by atoms with E-state index in [0.29, 0.717) is 13.2 Å². The largest absolute Gasteiger partial charge is 0.383 e. The molecule has 0 amide bonds. The molecule has 0 radical (unpaired) electrons. The summed E-state index contributed by atoms with van der Waals surface area (Å²) in [4.78, 5) is 0. The average Bonchev–Trinajstić information content (AvgIpc) is 2.71. The summed E-state index contributed by atoms with van der Waals surface area (Å²) in [5.41, 5.74) is 0.934. The average molecular weight is 224 g/mol. The fraction of sp³-hybridized carbons (Fsp3) is 0.417. The minimum absolute atomic E-state index is 0.233. The van der Waals surface area contributed by atoms with Gasteiger partial charge in [-0.15, -0.1) is 0 Å². The predicted molar refractivity (Wildman–Crippen MR) is 62.9 cm³/mol. The molecule has 0 bridgehead atoms. The van der Waals surface area contributed by atoms with Crippen LogP contribution in [-0.4, -0.2) is 23.5 Å². The number of rotatable bonds is 3. The van der Waals surface area contributed by atoms with Crippen LogP contribution in [0.25, 0.3) is 10.9 Å². The molecule has 0 saturated heterocycles. The number of benzene rings is 1. The summed E-state index contributed by atoms with van der Waals surface area (Å²) in [6.45, 7) is 5.29. The van der Waals surface area contributed by atoms with Gasteiger partial charge < -0.3 is 4.74 Å². The lowest BCUT2D eigenvalue weighted by Crippen LogP contribution is -2.05. The molecular weight excluding hydrogens is 207 g/mol. The summed E-state index contributed by atoms with van der Waals surface area (Å²) in [5, 5.41) is 4.96. The van der Waals surface area contributed by atoms with Crippen molar-refractivity contribution in [3.05, 3.63) is 30.2 Å². The highest BCUT2D eigenvalue weighted by molar-refractivity contribution is 5.78. The zero-order valence-electron chi connectivity index (χ0n) is 9.90. The Kier molecular flexibility index (Phi) is 4.92. The molecule has 0 unspecified atom stereocenters. The Balaban J connectivity index is 0.000000606. The highest BCUT2D eigenvalue weighted by atomic mass is 19.1. The van der Waals surface area contributed by atoms with E-state index in [1.165, 1.54) is 12.1 Å². The Bertz CT molecular complexity index is 440. The van der Waals surface area contributed by atoms with Crippen molar-refractivity contribution < 1.29 is 9.13 Å². The maximum atomic E-state index is 12.8. The minimum Gasteiger partial charge on any atom is -0.383 e. The van der Waals surface area contributed by atoms with Gasteiger partial charge in [0.05, 0.1) is 24.9 Å². The standard InChI is InChI=1S/C10H11FN2O.C2H6/c1-14-5-4-13-10-3-2-9(11)6-8(10)7-12-13;1-2/h2-3,6-7H,4-5H2,1H3;1-2H3. The molecule has 0 atom stereocenters. The van der Waals surface area contributed by atoms with Gasteiger partial charge >= 0.3 is 0 Å². The van der Waals surface area contributed by atoms with E-state index in [2.05, 4.69) is 5.10 Å². The highest BCUT2D eigenvalue weighted by Gasteiger charge is 2.02. The van der Waals surface area contributed by atoms with E-state index < -0.39 is 0 Å². The third-order valence-corrected chi connectivity index (χ3v) is 2.11. The molecule has 1 heterocycles. The molecule has 16 heavy (non-hydrogen) atoms. The van der Waals surface area contributed by atoms with Gasteiger partial charge in [0, 0.05) is 12.5 Å². The smallest absolute Gasteiger partial charge is 0.124 e. The second-order valence-corrected chi connectivity index (χ2v) is 3.06. The van der Waals surface area contributed by atoms with Gasteiger partial charge in [-0.1, -0.05) is 13.8 Å². The Morgan fingerprint density at radius 2 is 2.12 bits per heavy atom. The molecule has 1 aromatic heterocycles. The van der Waals surface area contributed by atoms with Gasteiger partial charge in [-0.2, -0.15) is 5.10 Å². The molecule has 0 N–H and O–H groups in total. The normalized spacial score (nSPS) is 10.0. The third kappa shape index (κ3) is 2.79. The van der Waals surface area contributed by atoms with Crippen molar-refractivity contribution >= 4 is 10.9 Å². The first-order valence-corrected chi connectivity index (χ1v) is 5.41. The van der Waals surface area contributed by atoms with Crippen molar-refractivity contribution in [2.24, 2.45) is 0 Å². The van der Waals surface area contributed by atoms with Gasteiger partial charge in [-0.05, 0) is 18.2 Å². The maximum Gasteiger partial charge on any atom is 0.124 e. The summed E-state index contributed by atoms with van der Waals surface area (Å²) in [6.07, 6.45) is 1.66. The first kappa shape index (κ1) is 12.6. The van der Waals surface area contributed by atoms with Gasteiger partial charge in [0.25, 0.3) is 0 Å². The van der Waals surface area contributed by atoms with Crippen LogP contribution in [0.1, 0.15) is 13.8 Å². The quantitative estimate of drug-likeness (QED) is 0.801. The van der Waals surface area contributed by atoms with Crippen molar-refractivity contribution in [3.63, 3.8) is 0 Å². The number of methoxy groups -OCH3 is 1. The summed E-state index contributed by atoms with van der Waals surface area (Å²) in [5.74, 6) is -0.233. The zero-order valence-corrected chi connectivity index (χ0v) is 9.90. The van der Waals surface area contributed by atoms with Crippen LogP contribution in [0.15, 0.2) is 24.4 Å². The van der Waals surface area contributed by atoms with Crippen molar-refractivity contribution in [1.29, 1.82) is 0 Å². The van der Waals surface area contributed by atoms with Gasteiger partial charge in [-0.3, -0.25) is 4.68 Å². The number of aromatic nitrogens is 2. The van der Waals surface area contributed by atoms with Crippen LogP contribution in [0, 0.1) is 5.82 Å². The number of hydrogen-bond acceptors (Lipinski definition) is 2. The number of halogens is 1. The molecular formula is C12H17FN2O. The topological polar surface area (TPSA) is 27.1 Å².